The number of nitrogens with zero attached hydrogens (tertiary/aromatic N) is 1. The normalized spacial score (nSPS) is 24.7. The van der Waals surface area contributed by atoms with Gasteiger partial charge in [0.05, 0.1) is 32.2 Å². The maximum Gasteiger partial charge on any atom is 0.307 e. The Kier molecular flexibility index (Phi) is 9.77. The zero-order valence-corrected chi connectivity index (χ0v) is 21.9. The predicted molar refractivity (Wildman–Crippen MR) is 139 cm³/mol. The van der Waals surface area contributed by atoms with Crippen LogP contribution in [0, 0.1) is 22.0 Å². The molecule has 2 aromatic rings. The lowest BCUT2D eigenvalue weighted by Crippen LogP contribution is -2.60. The fourth-order valence-corrected chi connectivity index (χ4v) is 5.17. The van der Waals surface area contributed by atoms with Gasteiger partial charge < -0.3 is 14.8 Å². The third-order valence-corrected chi connectivity index (χ3v) is 7.39. The Bertz CT molecular complexity index is 1050. The molecule has 1 aliphatic rings. The molecule has 6 atom stereocenters. The van der Waals surface area contributed by atoms with E-state index in [1.807, 2.05) is 74.5 Å². The maximum atomic E-state index is 13.7. The van der Waals surface area contributed by atoms with Gasteiger partial charge in [0, 0.05) is 11.5 Å². The zero-order valence-electron chi connectivity index (χ0n) is 21.9. The minimum Gasteiger partial charge on any atom is -0.469 e. The monoisotopic (exact) mass is 511 g/mol. The molecule has 1 amide bonds. The van der Waals surface area contributed by atoms with Gasteiger partial charge in [0.1, 0.15) is 11.6 Å². The van der Waals surface area contributed by atoms with Crippen LogP contribution in [-0.4, -0.2) is 48.1 Å². The van der Waals surface area contributed by atoms with Crippen LogP contribution >= 0.6 is 0 Å². The number of methoxy groups -OCH3 is 1. The fraction of sp³-hybridized carbons (Fsp3) is 0.500. The van der Waals surface area contributed by atoms with E-state index in [-0.39, 0.29) is 30.4 Å². The Morgan fingerprint density at radius 2 is 1.76 bits per heavy atom. The van der Waals surface area contributed by atoms with Crippen LogP contribution in [0.25, 0.3) is 0 Å². The van der Waals surface area contributed by atoms with Gasteiger partial charge in [0.2, 0.25) is 11.9 Å². The SMILES string of the molecule is CC[C@H](C)[C@H](OCc1ccccc1)[C@@H]1[C@H]([N+](=O)[O-])[C@H](c2ccccc2)N[C@]1(C)C(=O)NCCC(=O)OC. The number of amides is 1. The van der Waals surface area contributed by atoms with Crippen LogP contribution < -0.4 is 10.6 Å². The van der Waals surface area contributed by atoms with E-state index in [0.29, 0.717) is 0 Å². The second kappa shape index (κ2) is 12.8. The molecule has 0 bridgehead atoms. The number of rotatable bonds is 12. The molecule has 200 valence electrons. The molecule has 1 saturated heterocycles. The number of nitrogens with one attached hydrogen (secondary N) is 2. The van der Waals surface area contributed by atoms with Gasteiger partial charge in [-0.3, -0.25) is 25.0 Å². The molecule has 0 unspecified atom stereocenters. The Labute approximate surface area is 218 Å². The Hall–Kier alpha value is -3.30. The minimum atomic E-state index is -1.33. The van der Waals surface area contributed by atoms with E-state index in [9.17, 15) is 19.7 Å². The molecule has 0 aromatic heterocycles. The van der Waals surface area contributed by atoms with Crippen molar-refractivity contribution < 1.29 is 24.0 Å². The van der Waals surface area contributed by atoms with E-state index in [1.54, 1.807) is 6.92 Å². The summed E-state index contributed by atoms with van der Waals surface area (Å²) in [4.78, 5) is 37.6. The van der Waals surface area contributed by atoms with Gasteiger partial charge in [0.15, 0.2) is 0 Å². The van der Waals surface area contributed by atoms with Crippen molar-refractivity contribution in [3.05, 3.63) is 81.9 Å². The summed E-state index contributed by atoms with van der Waals surface area (Å²) in [5, 5.41) is 18.8. The first-order chi connectivity index (χ1) is 17.7. The van der Waals surface area contributed by atoms with E-state index >= 15 is 0 Å². The maximum absolute atomic E-state index is 13.7. The van der Waals surface area contributed by atoms with Gasteiger partial charge >= 0.3 is 5.97 Å². The molecule has 0 aliphatic carbocycles. The lowest BCUT2D eigenvalue weighted by atomic mass is 9.74. The molecule has 1 fully saturated rings. The van der Waals surface area contributed by atoms with Crippen molar-refractivity contribution in [1.29, 1.82) is 0 Å². The van der Waals surface area contributed by atoms with Crippen LogP contribution in [0.5, 0.6) is 0 Å². The van der Waals surface area contributed by atoms with Gasteiger partial charge in [-0.25, -0.2) is 0 Å². The Balaban J connectivity index is 2.02. The summed E-state index contributed by atoms with van der Waals surface area (Å²) < 4.78 is 11.1. The predicted octanol–water partition coefficient (Wildman–Crippen LogP) is 3.66. The van der Waals surface area contributed by atoms with Crippen molar-refractivity contribution in [2.75, 3.05) is 13.7 Å². The summed E-state index contributed by atoms with van der Waals surface area (Å²) in [5.74, 6) is -1.71. The third-order valence-electron chi connectivity index (χ3n) is 7.39. The summed E-state index contributed by atoms with van der Waals surface area (Å²) in [6, 6.07) is 17.0. The highest BCUT2D eigenvalue weighted by Gasteiger charge is 2.64. The van der Waals surface area contributed by atoms with E-state index in [0.717, 1.165) is 17.5 Å². The first kappa shape index (κ1) is 28.3. The molecule has 0 spiro atoms. The fourth-order valence-electron chi connectivity index (χ4n) is 5.17. The second-order valence-corrected chi connectivity index (χ2v) is 9.77. The van der Waals surface area contributed by atoms with Crippen molar-refractivity contribution in [3.63, 3.8) is 0 Å². The van der Waals surface area contributed by atoms with Crippen LogP contribution in [0.15, 0.2) is 60.7 Å². The summed E-state index contributed by atoms with van der Waals surface area (Å²) >= 11 is 0. The average molecular weight is 512 g/mol. The lowest BCUT2D eigenvalue weighted by Gasteiger charge is -2.37. The summed E-state index contributed by atoms with van der Waals surface area (Å²) in [7, 11) is 1.28. The number of hydrogen-bond donors (Lipinski definition) is 2. The number of esters is 1. The van der Waals surface area contributed by atoms with E-state index < -0.39 is 41.5 Å². The van der Waals surface area contributed by atoms with Gasteiger partial charge in [-0.1, -0.05) is 80.9 Å². The Morgan fingerprint density at radius 3 is 2.32 bits per heavy atom. The number of benzene rings is 2. The zero-order chi connectivity index (χ0) is 27.0. The average Bonchev–Trinajstić information content (AvgIpc) is 3.24. The highest BCUT2D eigenvalue weighted by atomic mass is 16.6. The summed E-state index contributed by atoms with van der Waals surface area (Å²) in [6.07, 6.45) is 0.137. The van der Waals surface area contributed by atoms with E-state index in [2.05, 4.69) is 15.4 Å². The highest BCUT2D eigenvalue weighted by molar-refractivity contribution is 5.87. The smallest absolute Gasteiger partial charge is 0.307 e. The molecule has 0 radical (unpaired) electrons. The molecule has 1 aliphatic heterocycles. The first-order valence-corrected chi connectivity index (χ1v) is 12.7. The number of nitro groups is 1. The minimum absolute atomic E-state index is 0.00304. The van der Waals surface area contributed by atoms with Gasteiger partial charge in [-0.05, 0) is 24.0 Å². The number of hydrogen-bond acceptors (Lipinski definition) is 7. The molecule has 2 N–H and O–H groups in total. The molecule has 9 heteroatoms. The van der Waals surface area contributed by atoms with Crippen molar-refractivity contribution in [2.45, 2.75) is 63.9 Å². The van der Waals surface area contributed by atoms with Crippen molar-refractivity contribution in [2.24, 2.45) is 11.8 Å². The molecular weight excluding hydrogens is 474 g/mol. The third kappa shape index (κ3) is 6.53. The van der Waals surface area contributed by atoms with Gasteiger partial charge in [-0.15, -0.1) is 0 Å². The van der Waals surface area contributed by atoms with E-state index in [1.165, 1.54) is 7.11 Å². The number of ether oxygens (including phenoxy) is 2. The first-order valence-electron chi connectivity index (χ1n) is 12.7. The van der Waals surface area contributed by atoms with Crippen molar-refractivity contribution in [3.8, 4) is 0 Å². The van der Waals surface area contributed by atoms with Crippen molar-refractivity contribution in [1.82, 2.24) is 10.6 Å². The molecular formula is C28H37N3O6. The highest BCUT2D eigenvalue weighted by Crippen LogP contribution is 2.45. The molecule has 3 rings (SSSR count). The molecule has 1 heterocycles. The molecule has 37 heavy (non-hydrogen) atoms. The van der Waals surface area contributed by atoms with Crippen LogP contribution in [0.3, 0.4) is 0 Å². The molecule has 0 saturated carbocycles. The molecule has 2 aromatic carbocycles. The second-order valence-electron chi connectivity index (χ2n) is 9.77. The van der Waals surface area contributed by atoms with Crippen LogP contribution in [0.1, 0.15) is 50.8 Å². The Morgan fingerprint density at radius 1 is 1.14 bits per heavy atom. The number of carbonyl (C=O) groups excluding carboxylic acids is 2. The van der Waals surface area contributed by atoms with Crippen molar-refractivity contribution >= 4 is 11.9 Å². The lowest BCUT2D eigenvalue weighted by molar-refractivity contribution is -0.536. The number of carbonyl (C=O) groups is 2. The van der Waals surface area contributed by atoms with Crippen LogP contribution in [0.4, 0.5) is 0 Å². The summed E-state index contributed by atoms with van der Waals surface area (Å²) in [5.41, 5.74) is 0.341. The topological polar surface area (TPSA) is 120 Å². The van der Waals surface area contributed by atoms with Gasteiger partial charge in [-0.2, -0.15) is 0 Å². The van der Waals surface area contributed by atoms with Crippen LogP contribution in [-0.2, 0) is 25.7 Å². The largest absolute Gasteiger partial charge is 0.469 e. The summed E-state index contributed by atoms with van der Waals surface area (Å²) in [6.45, 7) is 6.04. The van der Waals surface area contributed by atoms with Crippen LogP contribution in [0.2, 0.25) is 0 Å². The van der Waals surface area contributed by atoms with E-state index in [4.69, 9.17) is 4.74 Å². The van der Waals surface area contributed by atoms with Gasteiger partial charge in [0.25, 0.3) is 0 Å². The quantitative estimate of drug-likeness (QED) is 0.253. The standard InChI is InChI=1S/C28H37N3O6/c1-5-19(2)26(37-18-20-12-8-6-9-13-20)23-25(31(34)35)24(21-14-10-7-11-15-21)30-28(23,3)27(33)29-17-16-22(32)36-4/h6-15,19,23-26,30H,5,16-18H2,1-4H3,(H,29,33)/t19-,23-,24-,25-,26-,28-/m0/s1. The molecule has 9 nitrogen and oxygen atoms in total.